The van der Waals surface area contributed by atoms with Crippen molar-refractivity contribution in [2.24, 2.45) is 0 Å². The molecule has 0 radical (unpaired) electrons. The number of aliphatic hydroxyl groups excluding tert-OH is 5. The Hall–Kier alpha value is -2.45. The van der Waals surface area contributed by atoms with Gasteiger partial charge in [0.15, 0.2) is 6.10 Å². The van der Waals surface area contributed by atoms with Gasteiger partial charge in [0.1, 0.15) is 43.2 Å². The standard InChI is InChI=1S/C49H85O13P/c1-3-5-7-9-11-13-15-17-19-20-21-22-24-26-28-30-32-34-36-38-43(51)61-41(40-60-63(57,58)62-49-47(55)45(53)44(52)46(54)48(49)56)39-59-42(50)37-35-33-31-29-27-25-23-18-16-14-12-10-8-6-4-2/h11,13,17,19,21-22,26,28,32,34,41,44-49,52-56H,3-10,12,14-16,18,20,23-25,27,29-31,33,35-40H2,1-2H3,(H,57,58)/b13-11-,19-17-,22-21-,28-26-,34-32-/t41?,44?,45-,46+,47-,48-,49?/m0/s1. The van der Waals surface area contributed by atoms with Crippen molar-refractivity contribution in [1.82, 2.24) is 0 Å². The molecule has 4 unspecified atom stereocenters. The summed E-state index contributed by atoms with van der Waals surface area (Å²) in [6.07, 6.45) is 34.3. The number of ether oxygens (including phenoxy) is 2. The molecular formula is C49H85O13P. The van der Waals surface area contributed by atoms with Gasteiger partial charge in [0.25, 0.3) is 0 Å². The number of unbranched alkanes of at least 4 members (excludes halogenated alkanes) is 17. The lowest BCUT2D eigenvalue weighted by Crippen LogP contribution is -2.64. The highest BCUT2D eigenvalue weighted by Crippen LogP contribution is 2.47. The van der Waals surface area contributed by atoms with Crippen molar-refractivity contribution < 1.29 is 63.1 Å². The monoisotopic (exact) mass is 913 g/mol. The summed E-state index contributed by atoms with van der Waals surface area (Å²) in [7, 11) is -5.14. The molecule has 8 atom stereocenters. The third kappa shape index (κ3) is 31.2. The molecule has 63 heavy (non-hydrogen) atoms. The first kappa shape index (κ1) is 58.6. The van der Waals surface area contributed by atoms with E-state index in [9.17, 15) is 44.6 Å². The minimum atomic E-state index is -5.14. The van der Waals surface area contributed by atoms with E-state index in [4.69, 9.17) is 18.5 Å². The maximum Gasteiger partial charge on any atom is 0.472 e. The van der Waals surface area contributed by atoms with E-state index >= 15 is 0 Å². The summed E-state index contributed by atoms with van der Waals surface area (Å²) < 4.78 is 33.5. The molecule has 13 nitrogen and oxygen atoms in total. The first-order valence-corrected chi connectivity index (χ1v) is 25.6. The van der Waals surface area contributed by atoms with Crippen molar-refractivity contribution in [3.63, 3.8) is 0 Å². The number of rotatable bonds is 39. The number of hydrogen-bond acceptors (Lipinski definition) is 12. The zero-order valence-electron chi connectivity index (χ0n) is 38.6. The third-order valence-corrected chi connectivity index (χ3v) is 11.9. The fraction of sp³-hybridized carbons (Fsp3) is 0.755. The van der Waals surface area contributed by atoms with E-state index in [2.05, 4.69) is 56.4 Å². The number of hydrogen-bond donors (Lipinski definition) is 6. The molecule has 0 aromatic heterocycles. The van der Waals surface area contributed by atoms with E-state index in [1.807, 2.05) is 18.2 Å². The molecule has 0 saturated heterocycles. The Labute approximate surface area is 379 Å². The minimum Gasteiger partial charge on any atom is -0.462 e. The van der Waals surface area contributed by atoms with Gasteiger partial charge in [0.2, 0.25) is 0 Å². The molecule has 1 rings (SSSR count). The van der Waals surface area contributed by atoms with Gasteiger partial charge in [-0.3, -0.25) is 18.6 Å². The van der Waals surface area contributed by atoms with E-state index in [0.717, 1.165) is 44.9 Å². The fourth-order valence-electron chi connectivity index (χ4n) is 6.98. The number of allylic oxidation sites excluding steroid dienone is 10. The van der Waals surface area contributed by atoms with Crippen LogP contribution < -0.4 is 0 Å². The summed E-state index contributed by atoms with van der Waals surface area (Å²) in [4.78, 5) is 35.7. The van der Waals surface area contributed by atoms with Crippen LogP contribution in [0.1, 0.15) is 181 Å². The maximum absolute atomic E-state index is 12.8. The Bertz CT molecular complexity index is 1330. The molecule has 0 amide bonds. The lowest BCUT2D eigenvalue weighted by atomic mass is 9.85. The highest BCUT2D eigenvalue weighted by atomic mass is 31.2. The van der Waals surface area contributed by atoms with Crippen LogP contribution in [0.25, 0.3) is 0 Å². The molecule has 0 aliphatic heterocycles. The number of carbonyl (C=O) groups excluding carboxylic acids is 2. The fourth-order valence-corrected chi connectivity index (χ4v) is 7.95. The van der Waals surface area contributed by atoms with E-state index in [0.29, 0.717) is 19.3 Å². The van der Waals surface area contributed by atoms with Crippen LogP contribution in [0.5, 0.6) is 0 Å². The van der Waals surface area contributed by atoms with Gasteiger partial charge in [-0.15, -0.1) is 0 Å². The molecule has 6 N–H and O–H groups in total. The molecular weight excluding hydrogens is 828 g/mol. The third-order valence-electron chi connectivity index (χ3n) is 10.9. The van der Waals surface area contributed by atoms with Gasteiger partial charge < -0.3 is 39.9 Å². The number of esters is 2. The van der Waals surface area contributed by atoms with Crippen LogP contribution >= 0.6 is 7.82 Å². The molecule has 0 heterocycles. The summed E-state index contributed by atoms with van der Waals surface area (Å²) in [6, 6.07) is 0. The highest BCUT2D eigenvalue weighted by Gasteiger charge is 2.51. The molecule has 364 valence electrons. The normalized spacial score (nSPS) is 22.2. The second-order valence-corrected chi connectivity index (χ2v) is 18.0. The largest absolute Gasteiger partial charge is 0.472 e. The molecule has 0 aromatic rings. The maximum atomic E-state index is 12.8. The molecule has 0 aromatic carbocycles. The van der Waals surface area contributed by atoms with Crippen LogP contribution in [0.15, 0.2) is 60.8 Å². The van der Waals surface area contributed by atoms with Gasteiger partial charge in [0, 0.05) is 12.8 Å². The van der Waals surface area contributed by atoms with E-state index in [1.54, 1.807) is 0 Å². The average Bonchev–Trinajstić information content (AvgIpc) is 3.26. The Morgan fingerprint density at radius 1 is 0.492 bits per heavy atom. The number of phosphoric acid groups is 1. The first-order chi connectivity index (χ1) is 30.4. The van der Waals surface area contributed by atoms with E-state index in [1.165, 1.54) is 89.9 Å². The number of carbonyl (C=O) groups is 2. The number of phosphoric ester groups is 1. The Kier molecular flexibility index (Phi) is 36.1. The van der Waals surface area contributed by atoms with Crippen molar-refractivity contribution >= 4 is 19.8 Å². The highest BCUT2D eigenvalue weighted by molar-refractivity contribution is 7.47. The van der Waals surface area contributed by atoms with Crippen molar-refractivity contribution in [1.29, 1.82) is 0 Å². The first-order valence-electron chi connectivity index (χ1n) is 24.1. The average molecular weight is 913 g/mol. The van der Waals surface area contributed by atoms with E-state index in [-0.39, 0.29) is 12.8 Å². The summed E-state index contributed by atoms with van der Waals surface area (Å²) in [5.41, 5.74) is 0. The summed E-state index contributed by atoms with van der Waals surface area (Å²) >= 11 is 0. The summed E-state index contributed by atoms with van der Waals surface area (Å²) in [5.74, 6) is -1.19. The van der Waals surface area contributed by atoms with Crippen LogP contribution in [0.4, 0.5) is 0 Å². The molecule has 0 spiro atoms. The zero-order chi connectivity index (χ0) is 46.4. The van der Waals surface area contributed by atoms with Gasteiger partial charge in [-0.05, 0) is 51.4 Å². The molecule has 14 heteroatoms. The molecule has 1 saturated carbocycles. The zero-order valence-corrected chi connectivity index (χ0v) is 39.5. The van der Waals surface area contributed by atoms with Crippen LogP contribution in [-0.2, 0) is 32.7 Å². The van der Waals surface area contributed by atoms with Crippen molar-refractivity contribution in [3.8, 4) is 0 Å². The van der Waals surface area contributed by atoms with Crippen LogP contribution in [0.3, 0.4) is 0 Å². The summed E-state index contributed by atoms with van der Waals surface area (Å²) in [6.45, 7) is 3.22. The van der Waals surface area contributed by atoms with E-state index < -0.39 is 75.7 Å². The second-order valence-electron chi connectivity index (χ2n) is 16.6. The van der Waals surface area contributed by atoms with Crippen molar-refractivity contribution in [3.05, 3.63) is 60.8 Å². The molecule has 0 bridgehead atoms. The minimum absolute atomic E-state index is 0.0272. The smallest absolute Gasteiger partial charge is 0.462 e. The number of aliphatic hydroxyl groups is 5. The molecule has 1 aliphatic rings. The van der Waals surface area contributed by atoms with Gasteiger partial charge in [-0.25, -0.2) is 4.57 Å². The predicted octanol–water partition coefficient (Wildman–Crippen LogP) is 9.73. The Morgan fingerprint density at radius 2 is 0.889 bits per heavy atom. The van der Waals surface area contributed by atoms with Crippen molar-refractivity contribution in [2.75, 3.05) is 13.2 Å². The van der Waals surface area contributed by atoms with Gasteiger partial charge in [-0.2, -0.15) is 0 Å². The Balaban J connectivity index is 2.50. The van der Waals surface area contributed by atoms with Gasteiger partial charge in [0.05, 0.1) is 6.61 Å². The quantitative estimate of drug-likeness (QED) is 0.0147. The SMILES string of the molecule is CCCCC/C=C\C/C=C\C/C=C\C/C=C\C/C=C\CCC(=O)OC(COC(=O)CCCCCCCCCCCCCCCCC)COP(=O)(O)OC1[C@@H](O)[C@H](O)C(O)[C@H](O)[C@@H]1O. The lowest BCUT2D eigenvalue weighted by Gasteiger charge is -2.41. The van der Waals surface area contributed by atoms with Gasteiger partial charge >= 0.3 is 19.8 Å². The van der Waals surface area contributed by atoms with Crippen molar-refractivity contribution in [2.45, 2.75) is 224 Å². The topological polar surface area (TPSA) is 210 Å². The lowest BCUT2D eigenvalue weighted by molar-refractivity contribution is -0.220. The molecule has 1 aliphatic carbocycles. The predicted molar refractivity (Wildman–Crippen MR) is 249 cm³/mol. The second kappa shape index (κ2) is 38.8. The summed E-state index contributed by atoms with van der Waals surface area (Å²) in [5, 5.41) is 50.2. The Morgan fingerprint density at radius 3 is 1.37 bits per heavy atom. The molecule has 1 fully saturated rings. The van der Waals surface area contributed by atoms with Gasteiger partial charge in [-0.1, -0.05) is 177 Å². The van der Waals surface area contributed by atoms with Crippen LogP contribution in [0.2, 0.25) is 0 Å². The van der Waals surface area contributed by atoms with Crippen LogP contribution in [-0.4, -0.2) is 98.3 Å². The van der Waals surface area contributed by atoms with Crippen LogP contribution in [0, 0.1) is 0 Å².